The van der Waals surface area contributed by atoms with E-state index in [-0.39, 0.29) is 0 Å². The molecule has 5 nitrogen and oxygen atoms in total. The smallest absolute Gasteiger partial charge is 0.337 e. The second kappa shape index (κ2) is 6.55. The Morgan fingerprint density at radius 1 is 1.30 bits per heavy atom. The van der Waals surface area contributed by atoms with Gasteiger partial charge in [0, 0.05) is 5.56 Å². The number of rotatable bonds is 5. The summed E-state index contributed by atoms with van der Waals surface area (Å²) in [5.41, 5.74) is 0.906. The molecular weight excluding hydrogens is 274 g/mol. The lowest BCUT2D eigenvalue weighted by Crippen LogP contribution is -2.27. The van der Waals surface area contributed by atoms with Crippen LogP contribution in [0.5, 0.6) is 5.75 Å². The van der Waals surface area contributed by atoms with E-state index in [4.69, 9.17) is 9.16 Å². The Balaban J connectivity index is 3.25. The van der Waals surface area contributed by atoms with Gasteiger partial charge >= 0.3 is 5.97 Å². The van der Waals surface area contributed by atoms with Gasteiger partial charge in [-0.05, 0) is 37.8 Å². The first kappa shape index (κ1) is 16.2. The summed E-state index contributed by atoms with van der Waals surface area (Å²) in [5, 5.41) is 9.32. The van der Waals surface area contributed by atoms with E-state index in [0.29, 0.717) is 16.9 Å². The maximum atomic E-state index is 11.6. The van der Waals surface area contributed by atoms with Crippen LogP contribution in [0.25, 0.3) is 0 Å². The van der Waals surface area contributed by atoms with Gasteiger partial charge in [0.1, 0.15) is 5.75 Å². The van der Waals surface area contributed by atoms with Gasteiger partial charge < -0.3 is 13.9 Å². The van der Waals surface area contributed by atoms with Crippen LogP contribution in [0.4, 0.5) is 0 Å². The molecule has 108 valence electrons. The summed E-state index contributed by atoms with van der Waals surface area (Å²) in [7, 11) is 0.919. The van der Waals surface area contributed by atoms with E-state index in [9.17, 15) is 10.1 Å². The number of hydrogen-bond acceptors (Lipinski definition) is 5. The third-order valence-electron chi connectivity index (χ3n) is 2.52. The SMILES string of the molecule is COC(=O)c1ccc(OC)c(C(C#N)O[Si](C)(C)C)c1. The molecule has 20 heavy (non-hydrogen) atoms. The van der Waals surface area contributed by atoms with Crippen molar-refractivity contribution in [3.05, 3.63) is 29.3 Å². The predicted octanol–water partition coefficient (Wildman–Crippen LogP) is 2.90. The van der Waals surface area contributed by atoms with Gasteiger partial charge in [-0.25, -0.2) is 4.79 Å². The second-order valence-corrected chi connectivity index (χ2v) is 9.65. The zero-order valence-electron chi connectivity index (χ0n) is 12.4. The zero-order valence-corrected chi connectivity index (χ0v) is 13.4. The van der Waals surface area contributed by atoms with Gasteiger partial charge in [0.15, 0.2) is 14.4 Å². The number of esters is 1. The highest BCUT2D eigenvalue weighted by molar-refractivity contribution is 6.69. The summed E-state index contributed by atoms with van der Waals surface area (Å²) in [6, 6.07) is 6.93. The minimum atomic E-state index is -1.91. The molecule has 0 aliphatic carbocycles. The van der Waals surface area contributed by atoms with Gasteiger partial charge in [-0.3, -0.25) is 0 Å². The summed E-state index contributed by atoms with van der Waals surface area (Å²) < 4.78 is 15.8. The van der Waals surface area contributed by atoms with Gasteiger partial charge in [0.25, 0.3) is 0 Å². The van der Waals surface area contributed by atoms with Crippen molar-refractivity contribution in [1.29, 1.82) is 5.26 Å². The normalized spacial score (nSPS) is 12.4. The predicted molar refractivity (Wildman–Crippen MR) is 77.1 cm³/mol. The van der Waals surface area contributed by atoms with Crippen molar-refractivity contribution in [2.75, 3.05) is 14.2 Å². The minimum absolute atomic E-state index is 0.364. The van der Waals surface area contributed by atoms with Crippen molar-refractivity contribution in [2.24, 2.45) is 0 Å². The van der Waals surface area contributed by atoms with Crippen molar-refractivity contribution in [3.63, 3.8) is 0 Å². The lowest BCUT2D eigenvalue weighted by Gasteiger charge is -2.23. The number of carbonyl (C=O) groups is 1. The highest BCUT2D eigenvalue weighted by Crippen LogP contribution is 2.30. The van der Waals surface area contributed by atoms with Crippen LogP contribution in [0.1, 0.15) is 22.0 Å². The maximum absolute atomic E-state index is 11.6. The van der Waals surface area contributed by atoms with Crippen molar-refractivity contribution in [2.45, 2.75) is 25.7 Å². The highest BCUT2D eigenvalue weighted by Gasteiger charge is 2.25. The van der Waals surface area contributed by atoms with Crippen LogP contribution in [0.3, 0.4) is 0 Å². The monoisotopic (exact) mass is 293 g/mol. The third-order valence-corrected chi connectivity index (χ3v) is 3.46. The average Bonchev–Trinajstić information content (AvgIpc) is 2.42. The molecule has 0 spiro atoms. The number of nitriles is 1. The van der Waals surface area contributed by atoms with E-state index in [2.05, 4.69) is 10.8 Å². The Bertz CT molecular complexity index is 531. The minimum Gasteiger partial charge on any atom is -0.496 e. The Morgan fingerprint density at radius 3 is 2.40 bits per heavy atom. The highest BCUT2D eigenvalue weighted by atomic mass is 28.4. The van der Waals surface area contributed by atoms with Crippen molar-refractivity contribution in [3.8, 4) is 11.8 Å². The lowest BCUT2D eigenvalue weighted by atomic mass is 10.1. The van der Waals surface area contributed by atoms with E-state index in [0.717, 1.165) is 0 Å². The fourth-order valence-electron chi connectivity index (χ4n) is 1.70. The molecule has 1 aromatic rings. The molecule has 0 saturated heterocycles. The molecule has 0 aliphatic rings. The molecular formula is C14H19NO4Si. The van der Waals surface area contributed by atoms with Crippen LogP contribution < -0.4 is 4.74 Å². The first-order chi connectivity index (χ1) is 9.32. The van der Waals surface area contributed by atoms with Gasteiger partial charge in [0.05, 0.1) is 25.9 Å². The standard InChI is InChI=1S/C14H19NO4Si/c1-17-12-7-6-10(14(16)18-2)8-11(12)13(9-15)19-20(3,4)5/h6-8,13H,1-5H3. The number of benzene rings is 1. The molecule has 1 aromatic carbocycles. The van der Waals surface area contributed by atoms with Crippen molar-refractivity contribution >= 4 is 14.3 Å². The Labute approximate surface area is 120 Å². The molecule has 1 unspecified atom stereocenters. The van der Waals surface area contributed by atoms with E-state index < -0.39 is 20.4 Å². The third kappa shape index (κ3) is 4.08. The van der Waals surface area contributed by atoms with Crippen LogP contribution in [0.2, 0.25) is 19.6 Å². The van der Waals surface area contributed by atoms with Crippen molar-refractivity contribution < 1.29 is 18.7 Å². The Kier molecular flexibility index (Phi) is 5.31. The summed E-state index contributed by atoms with van der Waals surface area (Å²) in [4.78, 5) is 11.6. The van der Waals surface area contributed by atoms with Gasteiger partial charge in [-0.2, -0.15) is 5.26 Å². The average molecular weight is 293 g/mol. The van der Waals surface area contributed by atoms with E-state index in [1.54, 1.807) is 18.2 Å². The van der Waals surface area contributed by atoms with Crippen LogP contribution in [0.15, 0.2) is 18.2 Å². The van der Waals surface area contributed by atoms with Gasteiger partial charge in [-0.15, -0.1) is 0 Å². The first-order valence-electron chi connectivity index (χ1n) is 6.16. The molecule has 0 N–H and O–H groups in total. The largest absolute Gasteiger partial charge is 0.496 e. The second-order valence-electron chi connectivity index (χ2n) is 5.19. The summed E-state index contributed by atoms with van der Waals surface area (Å²) in [6.45, 7) is 5.98. The number of nitrogens with zero attached hydrogens (tertiary/aromatic N) is 1. The lowest BCUT2D eigenvalue weighted by molar-refractivity contribution is 0.0600. The summed E-state index contributed by atoms with van der Waals surface area (Å²) in [6.07, 6.45) is -0.763. The topological polar surface area (TPSA) is 68.5 Å². The number of hydrogen-bond donors (Lipinski definition) is 0. The van der Waals surface area contributed by atoms with Gasteiger partial charge in [0.2, 0.25) is 0 Å². The van der Waals surface area contributed by atoms with Crippen LogP contribution in [-0.2, 0) is 9.16 Å². The number of carbonyl (C=O) groups excluding carboxylic acids is 1. The van der Waals surface area contributed by atoms with Crippen LogP contribution in [-0.4, -0.2) is 28.5 Å². The number of ether oxygens (including phenoxy) is 2. The quantitative estimate of drug-likeness (QED) is 0.616. The molecule has 1 atom stereocenters. The van der Waals surface area contributed by atoms with E-state index in [1.165, 1.54) is 14.2 Å². The fourth-order valence-corrected chi connectivity index (χ4v) is 2.58. The van der Waals surface area contributed by atoms with E-state index >= 15 is 0 Å². The number of methoxy groups -OCH3 is 2. The Hall–Kier alpha value is -1.84. The molecule has 1 rings (SSSR count). The maximum Gasteiger partial charge on any atom is 0.337 e. The van der Waals surface area contributed by atoms with Crippen LogP contribution >= 0.6 is 0 Å². The van der Waals surface area contributed by atoms with Crippen LogP contribution in [0, 0.1) is 11.3 Å². The summed E-state index contributed by atoms with van der Waals surface area (Å²) in [5.74, 6) is 0.0565. The fraction of sp³-hybridized carbons (Fsp3) is 0.429. The molecule has 0 fully saturated rings. The molecule has 0 amide bonds. The van der Waals surface area contributed by atoms with E-state index in [1.807, 2.05) is 19.6 Å². The zero-order chi connectivity index (χ0) is 15.3. The molecule has 0 heterocycles. The molecule has 0 radical (unpaired) electrons. The first-order valence-corrected chi connectivity index (χ1v) is 9.57. The molecule has 0 saturated carbocycles. The molecule has 0 aliphatic heterocycles. The molecule has 0 aromatic heterocycles. The van der Waals surface area contributed by atoms with Crippen molar-refractivity contribution in [1.82, 2.24) is 0 Å². The Morgan fingerprint density at radius 2 is 1.95 bits per heavy atom. The van der Waals surface area contributed by atoms with Gasteiger partial charge in [-0.1, -0.05) is 0 Å². The molecule has 0 bridgehead atoms. The summed E-state index contributed by atoms with van der Waals surface area (Å²) >= 11 is 0. The molecule has 6 heteroatoms.